The van der Waals surface area contributed by atoms with Crippen LogP contribution in [0, 0.1) is 5.92 Å². The van der Waals surface area contributed by atoms with E-state index in [0.717, 1.165) is 19.3 Å². The maximum absolute atomic E-state index is 11.1. The minimum atomic E-state index is -0.346. The SMILES string of the molecule is C=C(C)C(=O)OCC1(C)CO1.C=C(C)C(=O)OCC1CCC2OC2C1. The lowest BCUT2D eigenvalue weighted by Crippen LogP contribution is -2.20. The van der Waals surface area contributed by atoms with Crippen LogP contribution < -0.4 is 0 Å². The zero-order valence-corrected chi connectivity index (χ0v) is 15.3. The van der Waals surface area contributed by atoms with Gasteiger partial charge in [0, 0.05) is 11.1 Å². The number of ether oxygens (including phenoxy) is 4. The lowest BCUT2D eigenvalue weighted by molar-refractivity contribution is -0.141. The molecule has 3 fully saturated rings. The van der Waals surface area contributed by atoms with Gasteiger partial charge in [0.1, 0.15) is 12.2 Å². The Hall–Kier alpha value is -1.66. The molecule has 0 aromatic heterocycles. The molecule has 6 heteroatoms. The van der Waals surface area contributed by atoms with Crippen LogP contribution in [0.25, 0.3) is 0 Å². The second-order valence-corrected chi connectivity index (χ2v) is 7.37. The minimum absolute atomic E-state index is 0.217. The second-order valence-electron chi connectivity index (χ2n) is 7.37. The van der Waals surface area contributed by atoms with Crippen LogP contribution in [-0.4, -0.2) is 49.6 Å². The van der Waals surface area contributed by atoms with Crippen LogP contribution in [0.4, 0.5) is 0 Å². The Morgan fingerprint density at radius 1 is 1.08 bits per heavy atom. The van der Waals surface area contributed by atoms with Gasteiger partial charge in [0.25, 0.3) is 0 Å². The first-order valence-corrected chi connectivity index (χ1v) is 8.65. The predicted molar refractivity (Wildman–Crippen MR) is 91.9 cm³/mol. The van der Waals surface area contributed by atoms with E-state index in [-0.39, 0.29) is 17.5 Å². The van der Waals surface area contributed by atoms with E-state index in [1.807, 2.05) is 6.92 Å². The van der Waals surface area contributed by atoms with Crippen molar-refractivity contribution in [3.8, 4) is 0 Å². The molecule has 140 valence electrons. The van der Waals surface area contributed by atoms with Crippen molar-refractivity contribution in [3.63, 3.8) is 0 Å². The summed E-state index contributed by atoms with van der Waals surface area (Å²) in [5, 5.41) is 0. The molecule has 0 amide bonds. The zero-order chi connectivity index (χ0) is 18.6. The van der Waals surface area contributed by atoms with Crippen LogP contribution in [0.15, 0.2) is 24.3 Å². The van der Waals surface area contributed by atoms with Crippen LogP contribution in [0.5, 0.6) is 0 Å². The van der Waals surface area contributed by atoms with E-state index in [1.54, 1.807) is 13.8 Å². The smallest absolute Gasteiger partial charge is 0.333 e. The molecule has 0 N–H and O–H groups in total. The fourth-order valence-corrected chi connectivity index (χ4v) is 2.50. The largest absolute Gasteiger partial charge is 0.462 e. The van der Waals surface area contributed by atoms with Gasteiger partial charge in [0.15, 0.2) is 0 Å². The Bertz CT molecular complexity index is 548. The number of carbonyl (C=O) groups is 2. The van der Waals surface area contributed by atoms with Gasteiger partial charge >= 0.3 is 11.9 Å². The summed E-state index contributed by atoms with van der Waals surface area (Å²) >= 11 is 0. The maximum Gasteiger partial charge on any atom is 0.333 e. The van der Waals surface area contributed by atoms with Gasteiger partial charge in [-0.15, -0.1) is 0 Å². The molecule has 25 heavy (non-hydrogen) atoms. The van der Waals surface area contributed by atoms with E-state index in [9.17, 15) is 9.59 Å². The molecule has 1 saturated carbocycles. The first-order valence-electron chi connectivity index (χ1n) is 8.65. The molecule has 0 radical (unpaired) electrons. The highest BCUT2D eigenvalue weighted by Gasteiger charge is 2.44. The van der Waals surface area contributed by atoms with Crippen molar-refractivity contribution in [2.45, 2.75) is 57.8 Å². The van der Waals surface area contributed by atoms with Crippen LogP contribution in [0.2, 0.25) is 0 Å². The molecule has 2 aliphatic heterocycles. The molecule has 2 saturated heterocycles. The molecule has 6 nitrogen and oxygen atoms in total. The van der Waals surface area contributed by atoms with E-state index in [2.05, 4.69) is 13.2 Å². The van der Waals surface area contributed by atoms with Gasteiger partial charge in [-0.2, -0.15) is 0 Å². The average Bonchev–Trinajstić information content (AvgIpc) is 3.47. The maximum atomic E-state index is 11.1. The second kappa shape index (κ2) is 8.15. The number of hydrogen-bond donors (Lipinski definition) is 0. The van der Waals surface area contributed by atoms with E-state index in [1.165, 1.54) is 0 Å². The summed E-state index contributed by atoms with van der Waals surface area (Å²) < 4.78 is 20.4. The highest BCUT2D eigenvalue weighted by molar-refractivity contribution is 5.87. The lowest BCUT2D eigenvalue weighted by Gasteiger charge is -2.18. The Morgan fingerprint density at radius 3 is 2.20 bits per heavy atom. The van der Waals surface area contributed by atoms with Crippen molar-refractivity contribution in [3.05, 3.63) is 24.3 Å². The zero-order valence-electron chi connectivity index (χ0n) is 15.3. The quantitative estimate of drug-likeness (QED) is 0.415. The van der Waals surface area contributed by atoms with Crippen molar-refractivity contribution in [1.29, 1.82) is 0 Å². The number of carbonyl (C=O) groups excluding carboxylic acids is 2. The van der Waals surface area contributed by atoms with Crippen molar-refractivity contribution in [2.24, 2.45) is 5.92 Å². The van der Waals surface area contributed by atoms with E-state index < -0.39 is 0 Å². The highest BCUT2D eigenvalue weighted by Crippen LogP contribution is 2.39. The Morgan fingerprint density at radius 2 is 1.68 bits per heavy atom. The Labute approximate surface area is 149 Å². The predicted octanol–water partition coefficient (Wildman–Crippen LogP) is 2.57. The van der Waals surface area contributed by atoms with Gasteiger partial charge in [0.2, 0.25) is 0 Å². The topological polar surface area (TPSA) is 77.7 Å². The minimum Gasteiger partial charge on any atom is -0.462 e. The molecular weight excluding hydrogens is 324 g/mol. The van der Waals surface area contributed by atoms with E-state index in [4.69, 9.17) is 18.9 Å². The highest BCUT2D eigenvalue weighted by atomic mass is 16.6. The molecular formula is C19H28O6. The van der Waals surface area contributed by atoms with Crippen molar-refractivity contribution in [2.75, 3.05) is 19.8 Å². The summed E-state index contributed by atoms with van der Waals surface area (Å²) in [5.74, 6) is -0.132. The molecule has 0 spiro atoms. The van der Waals surface area contributed by atoms with Gasteiger partial charge in [0.05, 0.1) is 25.4 Å². The third-order valence-electron chi connectivity index (χ3n) is 4.41. The monoisotopic (exact) mass is 352 g/mol. The molecule has 0 aromatic rings. The molecule has 4 unspecified atom stereocenters. The number of fused-ring (bicyclic) bond motifs is 1. The van der Waals surface area contributed by atoms with Gasteiger partial charge in [-0.1, -0.05) is 13.2 Å². The standard InChI is InChI=1S/C11H16O3.C8H12O3/c1-7(2)11(12)13-6-8-3-4-9-10(5-8)14-9;1-6(2)7(9)10-4-8(3)5-11-8/h8-10H,1,3-6H2,2H3;1,4-5H2,2-3H3. The van der Waals surface area contributed by atoms with Crippen LogP contribution in [0.1, 0.15) is 40.0 Å². The summed E-state index contributed by atoms with van der Waals surface area (Å²) in [6.45, 7) is 13.7. The Balaban J connectivity index is 0.000000186. The fraction of sp³-hybridized carbons (Fsp3) is 0.684. The number of epoxide rings is 2. The van der Waals surface area contributed by atoms with E-state index >= 15 is 0 Å². The average molecular weight is 352 g/mol. The normalized spacial score (nSPS) is 31.6. The summed E-state index contributed by atoms with van der Waals surface area (Å²) in [7, 11) is 0. The molecule has 2 heterocycles. The first kappa shape index (κ1) is 19.7. The van der Waals surface area contributed by atoms with Gasteiger partial charge in [-0.05, 0) is 46.0 Å². The third kappa shape index (κ3) is 6.63. The number of rotatable bonds is 6. The van der Waals surface area contributed by atoms with Crippen LogP contribution in [0.3, 0.4) is 0 Å². The molecule has 1 aliphatic carbocycles. The molecule has 3 aliphatic rings. The van der Waals surface area contributed by atoms with Crippen molar-refractivity contribution in [1.82, 2.24) is 0 Å². The first-order chi connectivity index (χ1) is 11.7. The number of esters is 2. The molecule has 3 rings (SSSR count). The third-order valence-corrected chi connectivity index (χ3v) is 4.41. The summed E-state index contributed by atoms with van der Waals surface area (Å²) in [4.78, 5) is 22.0. The van der Waals surface area contributed by atoms with Crippen LogP contribution >= 0.6 is 0 Å². The van der Waals surface area contributed by atoms with Gasteiger partial charge < -0.3 is 18.9 Å². The number of hydrogen-bond acceptors (Lipinski definition) is 6. The summed E-state index contributed by atoms with van der Waals surface area (Å²) in [5.41, 5.74) is 0.682. The van der Waals surface area contributed by atoms with Crippen molar-refractivity contribution < 1.29 is 28.5 Å². The summed E-state index contributed by atoms with van der Waals surface area (Å²) in [6, 6.07) is 0. The summed E-state index contributed by atoms with van der Waals surface area (Å²) in [6.07, 6.45) is 4.26. The fourth-order valence-electron chi connectivity index (χ4n) is 2.50. The molecule has 0 bridgehead atoms. The van der Waals surface area contributed by atoms with E-state index in [0.29, 0.717) is 49.1 Å². The molecule has 0 aromatic carbocycles. The lowest BCUT2D eigenvalue weighted by atomic mass is 9.90. The van der Waals surface area contributed by atoms with Crippen molar-refractivity contribution >= 4 is 11.9 Å². The van der Waals surface area contributed by atoms with Gasteiger partial charge in [-0.3, -0.25) is 0 Å². The van der Waals surface area contributed by atoms with Crippen LogP contribution in [-0.2, 0) is 28.5 Å². The molecule has 4 atom stereocenters. The Kier molecular flexibility index (Phi) is 6.41. The van der Waals surface area contributed by atoms with Gasteiger partial charge in [-0.25, -0.2) is 9.59 Å².